The Kier molecular flexibility index (Phi) is 4.27. The molecule has 4 aliphatic rings. The quantitative estimate of drug-likeness (QED) is 0.771. The Balaban J connectivity index is 1.36. The molecule has 2 unspecified atom stereocenters. The Morgan fingerprint density at radius 2 is 1.52 bits per heavy atom. The van der Waals surface area contributed by atoms with E-state index in [4.69, 9.17) is 0 Å². The SMILES string of the molecule is Cc1ccc(C23CC4CC(CC(C(=O)NNC(=O)c5ccccc5)(C4)C2)C3)cc1. The van der Waals surface area contributed by atoms with Crippen molar-refractivity contribution in [3.63, 3.8) is 0 Å². The summed E-state index contributed by atoms with van der Waals surface area (Å²) in [5, 5.41) is 0. The molecule has 4 nitrogen and oxygen atoms in total. The van der Waals surface area contributed by atoms with Crippen molar-refractivity contribution in [1.82, 2.24) is 10.9 Å². The Hall–Kier alpha value is -2.62. The van der Waals surface area contributed by atoms with Crippen molar-refractivity contribution in [3.05, 3.63) is 71.3 Å². The number of rotatable bonds is 3. The molecule has 2 aromatic carbocycles. The van der Waals surface area contributed by atoms with Gasteiger partial charge in [0.15, 0.2) is 0 Å². The van der Waals surface area contributed by atoms with E-state index in [1.807, 2.05) is 18.2 Å². The average Bonchev–Trinajstić information content (AvgIpc) is 2.72. The minimum absolute atomic E-state index is 0.00707. The summed E-state index contributed by atoms with van der Waals surface area (Å²) in [6.45, 7) is 2.12. The first-order chi connectivity index (χ1) is 14.0. The van der Waals surface area contributed by atoms with Crippen LogP contribution in [0.15, 0.2) is 54.6 Å². The van der Waals surface area contributed by atoms with Gasteiger partial charge in [-0.1, -0.05) is 48.0 Å². The van der Waals surface area contributed by atoms with Crippen LogP contribution in [0.4, 0.5) is 0 Å². The molecule has 0 heterocycles. The van der Waals surface area contributed by atoms with Crippen LogP contribution in [0.3, 0.4) is 0 Å². The Morgan fingerprint density at radius 1 is 0.862 bits per heavy atom. The zero-order valence-corrected chi connectivity index (χ0v) is 16.9. The predicted molar refractivity (Wildman–Crippen MR) is 112 cm³/mol. The molecule has 0 radical (unpaired) electrons. The molecular formula is C25H28N2O2. The molecule has 4 bridgehead atoms. The Morgan fingerprint density at radius 3 is 2.17 bits per heavy atom. The van der Waals surface area contributed by atoms with Gasteiger partial charge in [-0.25, -0.2) is 0 Å². The van der Waals surface area contributed by atoms with E-state index in [9.17, 15) is 9.59 Å². The van der Waals surface area contributed by atoms with E-state index in [0.29, 0.717) is 17.4 Å². The number of hydrazine groups is 1. The van der Waals surface area contributed by atoms with Crippen LogP contribution in [0.2, 0.25) is 0 Å². The molecule has 2 N–H and O–H groups in total. The van der Waals surface area contributed by atoms with Gasteiger partial charge in [-0.05, 0) is 80.4 Å². The maximum atomic E-state index is 13.3. The minimum atomic E-state index is -0.362. The van der Waals surface area contributed by atoms with Crippen LogP contribution in [0.1, 0.15) is 60.0 Å². The number of benzene rings is 2. The van der Waals surface area contributed by atoms with Crippen LogP contribution in [0, 0.1) is 24.2 Å². The fourth-order valence-corrected chi connectivity index (χ4v) is 6.68. The standard InChI is InChI=1S/C25H28N2O2/c1-17-7-9-21(10-8-17)24-12-18-11-19(13-24)15-25(14-18,16-24)23(29)27-26-22(28)20-5-3-2-4-6-20/h2-10,18-19H,11-16H2,1H3,(H,26,28)(H,27,29). The summed E-state index contributed by atoms with van der Waals surface area (Å²) in [6, 6.07) is 17.9. The molecule has 29 heavy (non-hydrogen) atoms. The molecule has 2 aromatic rings. The maximum absolute atomic E-state index is 13.3. The lowest BCUT2D eigenvalue weighted by molar-refractivity contribution is -0.149. The number of carbonyl (C=O) groups is 2. The molecule has 0 saturated heterocycles. The van der Waals surface area contributed by atoms with Crippen LogP contribution in [0.25, 0.3) is 0 Å². The highest BCUT2D eigenvalue weighted by Gasteiger charge is 2.61. The molecule has 4 heteroatoms. The fraction of sp³-hybridized carbons (Fsp3) is 0.440. The van der Waals surface area contributed by atoms with Crippen molar-refractivity contribution in [2.75, 3.05) is 0 Å². The number of amides is 2. The van der Waals surface area contributed by atoms with E-state index in [0.717, 1.165) is 19.3 Å². The van der Waals surface area contributed by atoms with Crippen molar-refractivity contribution < 1.29 is 9.59 Å². The monoisotopic (exact) mass is 388 g/mol. The van der Waals surface area contributed by atoms with E-state index in [1.165, 1.54) is 30.4 Å². The molecule has 0 spiro atoms. The second-order valence-electron chi connectivity index (χ2n) is 9.66. The van der Waals surface area contributed by atoms with Gasteiger partial charge in [0.25, 0.3) is 5.91 Å². The first-order valence-corrected chi connectivity index (χ1v) is 10.7. The number of nitrogens with one attached hydrogen (secondary N) is 2. The van der Waals surface area contributed by atoms with Gasteiger partial charge >= 0.3 is 0 Å². The highest BCUT2D eigenvalue weighted by Crippen LogP contribution is 2.65. The van der Waals surface area contributed by atoms with Gasteiger partial charge in [-0.15, -0.1) is 0 Å². The number of carbonyl (C=O) groups excluding carboxylic acids is 2. The summed E-state index contributed by atoms with van der Waals surface area (Å²) in [5.74, 6) is 0.936. The molecule has 4 aliphatic carbocycles. The second kappa shape index (κ2) is 6.72. The van der Waals surface area contributed by atoms with Crippen molar-refractivity contribution in [3.8, 4) is 0 Å². The van der Waals surface area contributed by atoms with Crippen LogP contribution in [0.5, 0.6) is 0 Å². The van der Waals surface area contributed by atoms with Gasteiger partial charge in [0.1, 0.15) is 0 Å². The van der Waals surface area contributed by atoms with Crippen LogP contribution in [-0.4, -0.2) is 11.8 Å². The first kappa shape index (κ1) is 18.4. The van der Waals surface area contributed by atoms with Crippen LogP contribution < -0.4 is 10.9 Å². The average molecular weight is 389 g/mol. The van der Waals surface area contributed by atoms with E-state index in [1.54, 1.807) is 12.1 Å². The molecule has 2 atom stereocenters. The van der Waals surface area contributed by atoms with E-state index >= 15 is 0 Å². The first-order valence-electron chi connectivity index (χ1n) is 10.7. The molecule has 4 saturated carbocycles. The lowest BCUT2D eigenvalue weighted by atomic mass is 9.42. The van der Waals surface area contributed by atoms with Crippen LogP contribution >= 0.6 is 0 Å². The van der Waals surface area contributed by atoms with E-state index in [2.05, 4.69) is 42.0 Å². The molecule has 4 fully saturated rings. The van der Waals surface area contributed by atoms with Gasteiger partial charge in [0, 0.05) is 5.56 Å². The van der Waals surface area contributed by atoms with E-state index < -0.39 is 0 Å². The van der Waals surface area contributed by atoms with Crippen LogP contribution in [-0.2, 0) is 10.2 Å². The zero-order chi connectivity index (χ0) is 20.1. The summed E-state index contributed by atoms with van der Waals surface area (Å²) in [4.78, 5) is 25.7. The third-order valence-corrected chi connectivity index (χ3v) is 7.53. The Bertz CT molecular complexity index is 921. The largest absolute Gasteiger partial charge is 0.273 e. The summed E-state index contributed by atoms with van der Waals surface area (Å²) < 4.78 is 0. The number of aryl methyl sites for hydroxylation is 1. The topological polar surface area (TPSA) is 58.2 Å². The van der Waals surface area contributed by atoms with Gasteiger partial charge < -0.3 is 0 Å². The van der Waals surface area contributed by atoms with Gasteiger partial charge in [-0.3, -0.25) is 20.4 Å². The maximum Gasteiger partial charge on any atom is 0.269 e. The third-order valence-electron chi connectivity index (χ3n) is 7.53. The highest BCUT2D eigenvalue weighted by atomic mass is 16.2. The molecule has 6 rings (SSSR count). The van der Waals surface area contributed by atoms with Crippen molar-refractivity contribution in [1.29, 1.82) is 0 Å². The molecule has 0 aliphatic heterocycles. The minimum Gasteiger partial charge on any atom is -0.273 e. The highest BCUT2D eigenvalue weighted by molar-refractivity contribution is 5.96. The molecule has 0 aromatic heterocycles. The van der Waals surface area contributed by atoms with Crippen molar-refractivity contribution in [2.24, 2.45) is 17.3 Å². The predicted octanol–water partition coefficient (Wildman–Crippen LogP) is 4.29. The third kappa shape index (κ3) is 3.15. The second-order valence-corrected chi connectivity index (χ2v) is 9.66. The lowest BCUT2D eigenvalue weighted by Crippen LogP contribution is -2.60. The van der Waals surface area contributed by atoms with Gasteiger partial charge in [0.2, 0.25) is 5.91 Å². The number of hydrogen-bond acceptors (Lipinski definition) is 2. The van der Waals surface area contributed by atoms with Crippen molar-refractivity contribution in [2.45, 2.75) is 50.9 Å². The summed E-state index contributed by atoms with van der Waals surface area (Å²) in [5.41, 5.74) is 8.38. The summed E-state index contributed by atoms with van der Waals surface area (Å²) in [6.07, 6.45) is 6.42. The molecule has 2 amide bonds. The van der Waals surface area contributed by atoms with Crippen molar-refractivity contribution >= 4 is 11.8 Å². The van der Waals surface area contributed by atoms with Gasteiger partial charge in [0.05, 0.1) is 5.41 Å². The Labute approximate surface area is 172 Å². The normalized spacial score (nSPS) is 32.0. The fourth-order valence-electron chi connectivity index (χ4n) is 6.68. The zero-order valence-electron chi connectivity index (χ0n) is 16.9. The smallest absolute Gasteiger partial charge is 0.269 e. The van der Waals surface area contributed by atoms with E-state index in [-0.39, 0.29) is 22.6 Å². The lowest BCUT2D eigenvalue weighted by Gasteiger charge is -2.61. The van der Waals surface area contributed by atoms with Gasteiger partial charge in [-0.2, -0.15) is 0 Å². The summed E-state index contributed by atoms with van der Waals surface area (Å²) in [7, 11) is 0. The number of hydrogen-bond donors (Lipinski definition) is 2. The summed E-state index contributed by atoms with van der Waals surface area (Å²) >= 11 is 0. The molecule has 150 valence electrons. The molecular weight excluding hydrogens is 360 g/mol.